The van der Waals surface area contributed by atoms with Crippen LogP contribution in [0.5, 0.6) is 5.75 Å². The lowest BCUT2D eigenvalue weighted by Crippen LogP contribution is -2.26. The van der Waals surface area contributed by atoms with Gasteiger partial charge in [0.1, 0.15) is 12.4 Å². The Balaban J connectivity index is 1.70. The lowest BCUT2D eigenvalue weighted by atomic mass is 9.92. The van der Waals surface area contributed by atoms with E-state index in [1.54, 1.807) is 30.3 Å². The third-order valence-corrected chi connectivity index (χ3v) is 7.68. The molecule has 0 saturated heterocycles. The van der Waals surface area contributed by atoms with Crippen molar-refractivity contribution in [1.82, 2.24) is 4.57 Å². The standard InChI is InChI=1S/C25H31F2N3O3S/c1-25(2,3)15-34(31,32)29-17-9-7-16(8-10-17)24-23(28)20-12-11-19(33-14-22(26)27)13-21(20)30(24)18-5-4-6-18/h7-13,18,22,29H,4-6,14-15,28H2,1-3H3. The van der Waals surface area contributed by atoms with E-state index in [1.165, 1.54) is 0 Å². The number of rotatable bonds is 8. The minimum Gasteiger partial charge on any atom is -0.488 e. The van der Waals surface area contributed by atoms with Crippen molar-refractivity contribution in [3.05, 3.63) is 42.5 Å². The molecule has 184 valence electrons. The van der Waals surface area contributed by atoms with E-state index in [4.69, 9.17) is 10.5 Å². The molecule has 0 unspecified atom stereocenters. The third-order valence-electron chi connectivity index (χ3n) is 5.89. The highest BCUT2D eigenvalue weighted by atomic mass is 32.2. The Bertz CT molecular complexity index is 1280. The number of aromatic nitrogens is 1. The number of nitrogens with zero attached hydrogens (tertiary/aromatic N) is 1. The van der Waals surface area contributed by atoms with Crippen LogP contribution >= 0.6 is 0 Å². The Kier molecular flexibility index (Phi) is 6.50. The van der Waals surface area contributed by atoms with Gasteiger partial charge in [-0.1, -0.05) is 32.9 Å². The summed E-state index contributed by atoms with van der Waals surface area (Å²) in [6.45, 7) is 4.97. The number of hydrogen-bond donors (Lipinski definition) is 2. The van der Waals surface area contributed by atoms with Crippen LogP contribution in [0.15, 0.2) is 42.5 Å². The predicted octanol–water partition coefficient (Wildman–Crippen LogP) is 6.05. The van der Waals surface area contributed by atoms with Gasteiger partial charge in [0, 0.05) is 28.7 Å². The van der Waals surface area contributed by atoms with Gasteiger partial charge in [-0.3, -0.25) is 4.72 Å². The minimum absolute atomic E-state index is 0.0145. The van der Waals surface area contributed by atoms with Crippen LogP contribution in [0, 0.1) is 5.41 Å². The van der Waals surface area contributed by atoms with Crippen molar-refractivity contribution in [2.75, 3.05) is 22.8 Å². The Morgan fingerprint density at radius 2 is 1.82 bits per heavy atom. The monoisotopic (exact) mass is 491 g/mol. The summed E-state index contributed by atoms with van der Waals surface area (Å²) in [4.78, 5) is 0. The van der Waals surface area contributed by atoms with Gasteiger partial charge in [-0.15, -0.1) is 0 Å². The molecule has 0 aliphatic heterocycles. The molecular weight excluding hydrogens is 460 g/mol. The fraction of sp³-hybridized carbons (Fsp3) is 0.440. The number of fused-ring (bicyclic) bond motifs is 1. The summed E-state index contributed by atoms with van der Waals surface area (Å²) in [5.74, 6) is 0.390. The van der Waals surface area contributed by atoms with Gasteiger partial charge < -0.3 is 15.0 Å². The lowest BCUT2D eigenvalue weighted by molar-refractivity contribution is 0.0819. The molecule has 0 atom stereocenters. The maximum atomic E-state index is 12.6. The minimum atomic E-state index is -3.48. The zero-order valence-electron chi connectivity index (χ0n) is 19.6. The molecule has 1 fully saturated rings. The summed E-state index contributed by atoms with van der Waals surface area (Å²) in [5.41, 5.74) is 9.85. The fourth-order valence-corrected chi connectivity index (χ4v) is 6.07. The Hall–Kier alpha value is -2.81. The van der Waals surface area contributed by atoms with Crippen molar-refractivity contribution in [3.8, 4) is 17.0 Å². The molecule has 0 amide bonds. The Morgan fingerprint density at radius 3 is 2.38 bits per heavy atom. The molecule has 6 nitrogen and oxygen atoms in total. The first-order valence-electron chi connectivity index (χ1n) is 11.4. The number of nitrogen functional groups attached to an aromatic ring is 1. The van der Waals surface area contributed by atoms with Crippen LogP contribution in [0.25, 0.3) is 22.2 Å². The highest BCUT2D eigenvalue weighted by Gasteiger charge is 2.27. The molecular formula is C25H31F2N3O3S. The van der Waals surface area contributed by atoms with Crippen LogP contribution in [-0.2, 0) is 10.0 Å². The Labute approximate surface area is 199 Å². The van der Waals surface area contributed by atoms with Crippen molar-refractivity contribution in [2.45, 2.75) is 52.5 Å². The second-order valence-electron chi connectivity index (χ2n) is 10.1. The topological polar surface area (TPSA) is 86.3 Å². The average molecular weight is 492 g/mol. The molecule has 4 rings (SSSR count). The molecule has 34 heavy (non-hydrogen) atoms. The predicted molar refractivity (Wildman–Crippen MR) is 133 cm³/mol. The van der Waals surface area contributed by atoms with Gasteiger partial charge in [0.25, 0.3) is 6.43 Å². The molecule has 9 heteroatoms. The van der Waals surface area contributed by atoms with E-state index >= 15 is 0 Å². The molecule has 1 heterocycles. The summed E-state index contributed by atoms with van der Waals surface area (Å²) in [7, 11) is -3.48. The van der Waals surface area contributed by atoms with Crippen LogP contribution in [0.4, 0.5) is 20.2 Å². The van der Waals surface area contributed by atoms with Crippen LogP contribution < -0.4 is 15.2 Å². The van der Waals surface area contributed by atoms with Crippen molar-refractivity contribution >= 4 is 32.3 Å². The average Bonchev–Trinajstić information content (AvgIpc) is 2.95. The second kappa shape index (κ2) is 9.09. The number of benzene rings is 2. The van der Waals surface area contributed by atoms with Crippen LogP contribution in [0.3, 0.4) is 0 Å². The van der Waals surface area contributed by atoms with Crippen LogP contribution in [-0.4, -0.2) is 31.8 Å². The van der Waals surface area contributed by atoms with Crippen molar-refractivity contribution < 1.29 is 21.9 Å². The molecule has 2 aromatic carbocycles. The quantitative estimate of drug-likeness (QED) is 0.402. The van der Waals surface area contributed by atoms with Crippen molar-refractivity contribution in [2.24, 2.45) is 5.41 Å². The van der Waals surface area contributed by atoms with Crippen molar-refractivity contribution in [3.63, 3.8) is 0 Å². The van der Waals surface area contributed by atoms with E-state index in [0.717, 1.165) is 41.4 Å². The van der Waals surface area contributed by atoms with E-state index in [0.29, 0.717) is 17.1 Å². The number of anilines is 2. The summed E-state index contributed by atoms with van der Waals surface area (Å²) in [5, 5.41) is 0.834. The van der Waals surface area contributed by atoms with Gasteiger partial charge >= 0.3 is 0 Å². The SMILES string of the molecule is CC(C)(C)CS(=O)(=O)Nc1ccc(-c2c(N)c3ccc(OCC(F)F)cc3n2C2CCC2)cc1. The van der Waals surface area contributed by atoms with Gasteiger partial charge in [-0.25, -0.2) is 17.2 Å². The lowest BCUT2D eigenvalue weighted by Gasteiger charge is -2.30. The molecule has 1 saturated carbocycles. The van der Waals surface area contributed by atoms with Gasteiger partial charge in [0.2, 0.25) is 10.0 Å². The van der Waals surface area contributed by atoms with E-state index in [2.05, 4.69) is 9.29 Å². The molecule has 1 aromatic heterocycles. The maximum Gasteiger partial charge on any atom is 0.272 e. The molecule has 0 bridgehead atoms. The number of alkyl halides is 2. The zero-order chi connectivity index (χ0) is 24.7. The number of hydrogen-bond acceptors (Lipinski definition) is 4. The second-order valence-corrected chi connectivity index (χ2v) is 11.8. The van der Waals surface area contributed by atoms with Gasteiger partial charge in [0.15, 0.2) is 0 Å². The molecule has 0 spiro atoms. The van der Waals surface area contributed by atoms with E-state index in [-0.39, 0.29) is 17.2 Å². The number of nitrogens with two attached hydrogens (primary N) is 1. The summed E-state index contributed by atoms with van der Waals surface area (Å²) >= 11 is 0. The highest BCUT2D eigenvalue weighted by molar-refractivity contribution is 7.92. The first kappa shape index (κ1) is 24.3. The highest BCUT2D eigenvalue weighted by Crippen LogP contribution is 2.45. The number of halogens is 2. The normalized spacial score (nSPS) is 15.0. The van der Waals surface area contributed by atoms with E-state index in [1.807, 2.05) is 32.9 Å². The summed E-state index contributed by atoms with van der Waals surface area (Å²) in [6, 6.07) is 12.6. The fourth-order valence-electron chi connectivity index (χ4n) is 4.37. The number of sulfonamides is 1. The molecule has 1 aliphatic carbocycles. The first-order valence-corrected chi connectivity index (χ1v) is 13.0. The number of ether oxygens (including phenoxy) is 1. The molecule has 3 aromatic rings. The smallest absolute Gasteiger partial charge is 0.272 e. The third kappa shape index (κ3) is 5.29. The summed E-state index contributed by atoms with van der Waals surface area (Å²) < 4.78 is 60.2. The largest absolute Gasteiger partial charge is 0.488 e. The maximum absolute atomic E-state index is 12.6. The summed E-state index contributed by atoms with van der Waals surface area (Å²) in [6.07, 6.45) is 0.570. The van der Waals surface area contributed by atoms with Gasteiger partial charge in [-0.05, 0) is 48.9 Å². The van der Waals surface area contributed by atoms with Crippen molar-refractivity contribution in [1.29, 1.82) is 0 Å². The zero-order valence-corrected chi connectivity index (χ0v) is 20.5. The van der Waals surface area contributed by atoms with E-state index in [9.17, 15) is 17.2 Å². The van der Waals surface area contributed by atoms with Crippen LogP contribution in [0.2, 0.25) is 0 Å². The molecule has 1 aliphatic rings. The van der Waals surface area contributed by atoms with Gasteiger partial charge in [0.05, 0.1) is 22.7 Å². The molecule has 3 N–H and O–H groups in total. The van der Waals surface area contributed by atoms with E-state index < -0.39 is 23.1 Å². The van der Waals surface area contributed by atoms with Crippen LogP contribution in [0.1, 0.15) is 46.1 Å². The number of nitrogens with one attached hydrogen (secondary N) is 1. The van der Waals surface area contributed by atoms with Gasteiger partial charge in [-0.2, -0.15) is 0 Å². The first-order chi connectivity index (χ1) is 15.9. The Morgan fingerprint density at radius 1 is 1.15 bits per heavy atom. The molecule has 0 radical (unpaired) electrons.